The molecule has 1 unspecified atom stereocenters. The van der Waals surface area contributed by atoms with Gasteiger partial charge in [0.1, 0.15) is 11.5 Å². The van der Waals surface area contributed by atoms with Gasteiger partial charge in [0.25, 0.3) is 0 Å². The third kappa shape index (κ3) is 4.68. The molecule has 21 heavy (non-hydrogen) atoms. The molecule has 1 aromatic heterocycles. The van der Waals surface area contributed by atoms with Gasteiger partial charge in [-0.15, -0.1) is 11.3 Å². The molecular formula is C15H17NO3S2. The quantitative estimate of drug-likeness (QED) is 0.858. The van der Waals surface area contributed by atoms with E-state index < -0.39 is 10.8 Å². The Morgan fingerprint density at radius 3 is 2.48 bits per heavy atom. The molecule has 2 aromatic rings. The summed E-state index contributed by atoms with van der Waals surface area (Å²) in [6, 6.07) is 10.1. The topological polar surface area (TPSA) is 66.4 Å². The lowest BCUT2D eigenvalue weighted by Gasteiger charge is -2.04. The molecule has 4 nitrogen and oxygen atoms in total. The van der Waals surface area contributed by atoms with E-state index in [4.69, 9.17) is 0 Å². The van der Waals surface area contributed by atoms with Crippen molar-refractivity contribution in [3.63, 3.8) is 0 Å². The van der Waals surface area contributed by atoms with E-state index in [-0.39, 0.29) is 17.4 Å². The van der Waals surface area contributed by atoms with Gasteiger partial charge in [-0.3, -0.25) is 9.00 Å². The van der Waals surface area contributed by atoms with E-state index in [1.165, 1.54) is 17.0 Å². The number of rotatable bonds is 6. The van der Waals surface area contributed by atoms with Gasteiger partial charge in [-0.25, -0.2) is 0 Å². The molecule has 0 spiro atoms. The second-order valence-corrected chi connectivity index (χ2v) is 7.19. The first-order valence-electron chi connectivity index (χ1n) is 6.60. The van der Waals surface area contributed by atoms with E-state index in [0.29, 0.717) is 11.4 Å². The van der Waals surface area contributed by atoms with Crippen molar-refractivity contribution in [1.82, 2.24) is 5.32 Å². The SMILES string of the molecule is CCc1ccc(CNC(=O)CS(=O)c2ccc(O)cc2)s1. The third-order valence-electron chi connectivity index (χ3n) is 2.89. The van der Waals surface area contributed by atoms with E-state index in [9.17, 15) is 14.1 Å². The lowest BCUT2D eigenvalue weighted by Crippen LogP contribution is -2.27. The molecule has 0 aliphatic heterocycles. The lowest BCUT2D eigenvalue weighted by molar-refractivity contribution is -0.118. The maximum atomic E-state index is 12.0. The van der Waals surface area contributed by atoms with Crippen LogP contribution in [0.4, 0.5) is 0 Å². The van der Waals surface area contributed by atoms with Crippen LogP contribution < -0.4 is 5.32 Å². The largest absolute Gasteiger partial charge is 0.508 e. The van der Waals surface area contributed by atoms with Crippen molar-refractivity contribution in [1.29, 1.82) is 0 Å². The zero-order valence-electron chi connectivity index (χ0n) is 11.7. The van der Waals surface area contributed by atoms with Crippen molar-refractivity contribution < 1.29 is 14.1 Å². The summed E-state index contributed by atoms with van der Waals surface area (Å²) in [5.41, 5.74) is 0. The summed E-state index contributed by atoms with van der Waals surface area (Å²) in [6.07, 6.45) is 0.990. The fourth-order valence-electron chi connectivity index (χ4n) is 1.74. The van der Waals surface area contributed by atoms with Crippen LogP contribution in [0.1, 0.15) is 16.7 Å². The van der Waals surface area contributed by atoms with Gasteiger partial charge in [-0.1, -0.05) is 6.92 Å². The van der Waals surface area contributed by atoms with Crippen molar-refractivity contribution in [2.45, 2.75) is 24.8 Å². The fourth-order valence-corrected chi connectivity index (χ4v) is 3.59. The molecule has 0 radical (unpaired) electrons. The highest BCUT2D eigenvalue weighted by Crippen LogP contribution is 2.16. The van der Waals surface area contributed by atoms with Crippen molar-refractivity contribution in [3.05, 3.63) is 46.2 Å². The Kier molecular flexibility index (Phi) is 5.52. The minimum absolute atomic E-state index is 0.0726. The number of phenolic OH excluding ortho intramolecular Hbond substituents is 1. The number of carbonyl (C=O) groups is 1. The summed E-state index contributed by atoms with van der Waals surface area (Å²) >= 11 is 1.67. The normalized spacial score (nSPS) is 12.0. The van der Waals surface area contributed by atoms with Gasteiger partial charge in [0.2, 0.25) is 5.91 Å². The monoisotopic (exact) mass is 323 g/mol. The first kappa shape index (κ1) is 15.7. The average Bonchev–Trinajstić information content (AvgIpc) is 2.94. The van der Waals surface area contributed by atoms with Crippen LogP contribution in [-0.4, -0.2) is 21.0 Å². The number of hydrogen-bond donors (Lipinski definition) is 2. The van der Waals surface area contributed by atoms with Crippen LogP contribution in [0.15, 0.2) is 41.3 Å². The predicted octanol–water partition coefficient (Wildman–Crippen LogP) is 2.44. The Morgan fingerprint density at radius 2 is 1.86 bits per heavy atom. The predicted molar refractivity (Wildman–Crippen MR) is 84.9 cm³/mol. The molecule has 1 heterocycles. The number of carbonyl (C=O) groups excluding carboxylic acids is 1. The Balaban J connectivity index is 1.83. The van der Waals surface area contributed by atoms with Crippen molar-refractivity contribution >= 4 is 28.0 Å². The lowest BCUT2D eigenvalue weighted by atomic mass is 10.3. The van der Waals surface area contributed by atoms with E-state index in [1.54, 1.807) is 23.5 Å². The molecular weight excluding hydrogens is 306 g/mol. The van der Waals surface area contributed by atoms with Gasteiger partial charge >= 0.3 is 0 Å². The summed E-state index contributed by atoms with van der Waals surface area (Å²) in [7, 11) is -1.40. The molecule has 0 fully saturated rings. The number of phenols is 1. The molecule has 1 aromatic carbocycles. The number of aryl methyl sites for hydroxylation is 1. The van der Waals surface area contributed by atoms with E-state index >= 15 is 0 Å². The number of aromatic hydroxyl groups is 1. The minimum atomic E-state index is -1.40. The molecule has 0 aliphatic carbocycles. The van der Waals surface area contributed by atoms with Crippen molar-refractivity contribution in [3.8, 4) is 5.75 Å². The Bertz CT molecular complexity index is 635. The summed E-state index contributed by atoms with van der Waals surface area (Å²) in [6.45, 7) is 2.56. The second-order valence-electron chi connectivity index (χ2n) is 4.48. The van der Waals surface area contributed by atoms with Crippen LogP contribution in [0.25, 0.3) is 0 Å². The van der Waals surface area contributed by atoms with Crippen LogP contribution in [0.2, 0.25) is 0 Å². The Labute approximate surface area is 130 Å². The van der Waals surface area contributed by atoms with Gasteiger partial charge in [-0.05, 0) is 42.8 Å². The minimum Gasteiger partial charge on any atom is -0.508 e. The highest BCUT2D eigenvalue weighted by Gasteiger charge is 2.10. The molecule has 0 aliphatic rings. The number of hydrogen-bond acceptors (Lipinski definition) is 4. The molecule has 1 amide bonds. The number of benzene rings is 1. The van der Waals surface area contributed by atoms with Crippen molar-refractivity contribution in [2.75, 3.05) is 5.75 Å². The van der Waals surface area contributed by atoms with Gasteiger partial charge in [-0.2, -0.15) is 0 Å². The highest BCUT2D eigenvalue weighted by molar-refractivity contribution is 7.85. The first-order chi connectivity index (χ1) is 10.1. The third-order valence-corrected chi connectivity index (χ3v) is 5.44. The number of nitrogens with one attached hydrogen (secondary N) is 1. The smallest absolute Gasteiger partial charge is 0.233 e. The molecule has 2 N–H and O–H groups in total. The number of amides is 1. The summed E-state index contributed by atoms with van der Waals surface area (Å²) in [5.74, 6) is -0.200. The maximum absolute atomic E-state index is 12.0. The van der Waals surface area contributed by atoms with Crippen LogP contribution in [0, 0.1) is 0 Å². The first-order valence-corrected chi connectivity index (χ1v) is 8.73. The zero-order chi connectivity index (χ0) is 15.2. The van der Waals surface area contributed by atoms with Gasteiger partial charge in [0.05, 0.1) is 17.3 Å². The van der Waals surface area contributed by atoms with E-state index in [0.717, 1.165) is 11.3 Å². The van der Waals surface area contributed by atoms with Gasteiger partial charge in [0, 0.05) is 14.6 Å². The summed E-state index contributed by atoms with van der Waals surface area (Å²) < 4.78 is 12.0. The molecule has 0 saturated heterocycles. The van der Waals surface area contributed by atoms with Crippen LogP contribution in [0.5, 0.6) is 5.75 Å². The average molecular weight is 323 g/mol. The second kappa shape index (κ2) is 7.38. The van der Waals surface area contributed by atoms with Gasteiger partial charge in [0.15, 0.2) is 0 Å². The van der Waals surface area contributed by atoms with E-state index in [1.807, 2.05) is 6.07 Å². The molecule has 0 bridgehead atoms. The van der Waals surface area contributed by atoms with Crippen LogP contribution in [0.3, 0.4) is 0 Å². The molecule has 2 rings (SSSR count). The van der Waals surface area contributed by atoms with Crippen LogP contribution >= 0.6 is 11.3 Å². The highest BCUT2D eigenvalue weighted by atomic mass is 32.2. The Morgan fingerprint density at radius 1 is 1.19 bits per heavy atom. The van der Waals surface area contributed by atoms with Crippen LogP contribution in [-0.2, 0) is 28.6 Å². The van der Waals surface area contributed by atoms with Crippen molar-refractivity contribution in [2.24, 2.45) is 0 Å². The van der Waals surface area contributed by atoms with E-state index in [2.05, 4.69) is 18.3 Å². The summed E-state index contributed by atoms with van der Waals surface area (Å²) in [4.78, 5) is 14.7. The molecule has 112 valence electrons. The Hall–Kier alpha value is -1.66. The standard InChI is InChI=1S/C15H17NO3S2/c1-2-12-5-6-13(20-12)9-16-15(18)10-21(19)14-7-3-11(17)4-8-14/h3-8,17H,2,9-10H2,1H3,(H,16,18). The molecule has 6 heteroatoms. The number of thiophene rings is 1. The maximum Gasteiger partial charge on any atom is 0.233 e. The van der Waals surface area contributed by atoms with Gasteiger partial charge < -0.3 is 10.4 Å². The zero-order valence-corrected chi connectivity index (χ0v) is 13.3. The molecule has 0 saturated carbocycles. The molecule has 1 atom stereocenters. The fraction of sp³-hybridized carbons (Fsp3) is 0.267. The summed E-state index contributed by atoms with van der Waals surface area (Å²) in [5, 5.41) is 12.0.